The van der Waals surface area contributed by atoms with Gasteiger partial charge in [-0.05, 0) is 18.2 Å². The van der Waals surface area contributed by atoms with Gasteiger partial charge in [-0.2, -0.15) is 0 Å². The van der Waals surface area contributed by atoms with Gasteiger partial charge >= 0.3 is 11.9 Å². The van der Waals surface area contributed by atoms with Crippen molar-refractivity contribution in [1.82, 2.24) is 0 Å². The summed E-state index contributed by atoms with van der Waals surface area (Å²) < 4.78 is 10.3. The molecule has 1 heterocycles. The summed E-state index contributed by atoms with van der Waals surface area (Å²) >= 11 is 0. The van der Waals surface area contributed by atoms with Crippen LogP contribution in [-0.2, 0) is 4.74 Å². The van der Waals surface area contributed by atoms with Crippen LogP contribution in [-0.4, -0.2) is 26.5 Å². The predicted molar refractivity (Wildman–Crippen MR) is 68.3 cm³/mol. The van der Waals surface area contributed by atoms with Crippen molar-refractivity contribution in [3.8, 4) is 5.75 Å². The fourth-order valence-electron chi connectivity index (χ4n) is 1.69. The van der Waals surface area contributed by atoms with Gasteiger partial charge in [0.15, 0.2) is 0 Å². The SMILES string of the molecule is C=CC(Oc1ccc2c(c1)C(=O)OC2=O)[Si](C)C. The summed E-state index contributed by atoms with van der Waals surface area (Å²) in [5.41, 5.74) is 0.517. The number of cyclic esters (lactones) is 2. The van der Waals surface area contributed by atoms with E-state index in [0.717, 1.165) is 0 Å². The number of carbonyl (C=O) groups is 2. The van der Waals surface area contributed by atoms with Crippen molar-refractivity contribution in [1.29, 1.82) is 0 Å². The fourth-order valence-corrected chi connectivity index (χ4v) is 2.53. The van der Waals surface area contributed by atoms with Crippen molar-refractivity contribution in [3.63, 3.8) is 0 Å². The van der Waals surface area contributed by atoms with Crippen LogP contribution in [0.5, 0.6) is 5.75 Å². The quantitative estimate of drug-likeness (QED) is 0.361. The van der Waals surface area contributed by atoms with Gasteiger partial charge in [0.1, 0.15) is 11.5 Å². The van der Waals surface area contributed by atoms with Crippen LogP contribution in [0.1, 0.15) is 20.7 Å². The molecular weight excluding hydrogens is 248 g/mol. The van der Waals surface area contributed by atoms with Crippen LogP contribution in [0.4, 0.5) is 0 Å². The Balaban J connectivity index is 2.27. The average Bonchev–Trinajstić information content (AvgIpc) is 2.61. The Hall–Kier alpha value is -1.88. The standard InChI is InChI=1S/C13H13O4Si/c1-4-11(18(2)3)16-8-5-6-9-10(7-8)13(15)17-12(9)14/h4-7,11H,1H2,2-3H3. The third-order valence-electron chi connectivity index (χ3n) is 2.66. The van der Waals surface area contributed by atoms with Gasteiger partial charge in [0.25, 0.3) is 0 Å². The molecule has 0 N–H and O–H groups in total. The molecule has 0 saturated heterocycles. The minimum Gasteiger partial charge on any atom is -0.490 e. The fraction of sp³-hybridized carbons (Fsp3) is 0.231. The summed E-state index contributed by atoms with van der Waals surface area (Å²) in [5.74, 6) is -0.664. The van der Waals surface area contributed by atoms with Crippen molar-refractivity contribution in [2.75, 3.05) is 0 Å². The molecule has 1 aliphatic heterocycles. The van der Waals surface area contributed by atoms with Gasteiger partial charge in [0.2, 0.25) is 0 Å². The van der Waals surface area contributed by atoms with Crippen LogP contribution in [0.15, 0.2) is 30.9 Å². The molecule has 1 aromatic rings. The Morgan fingerprint density at radius 3 is 2.56 bits per heavy atom. The normalized spacial score (nSPS) is 15.3. The molecule has 4 nitrogen and oxygen atoms in total. The molecular formula is C13H13O4Si. The van der Waals surface area contributed by atoms with Crippen LogP contribution < -0.4 is 4.74 Å². The van der Waals surface area contributed by atoms with E-state index in [0.29, 0.717) is 11.3 Å². The number of rotatable bonds is 4. The molecule has 0 bridgehead atoms. The second kappa shape index (κ2) is 4.78. The van der Waals surface area contributed by atoms with Crippen molar-refractivity contribution in [2.45, 2.75) is 18.8 Å². The van der Waals surface area contributed by atoms with E-state index in [1.54, 1.807) is 24.3 Å². The highest BCUT2D eigenvalue weighted by Gasteiger charge is 2.30. The van der Waals surface area contributed by atoms with Crippen molar-refractivity contribution in [2.24, 2.45) is 0 Å². The van der Waals surface area contributed by atoms with Crippen molar-refractivity contribution < 1.29 is 19.1 Å². The third-order valence-corrected chi connectivity index (χ3v) is 4.15. The summed E-state index contributed by atoms with van der Waals surface area (Å²) in [6.07, 6.45) is 1.75. The van der Waals surface area contributed by atoms with E-state index >= 15 is 0 Å². The highest BCUT2D eigenvalue weighted by atomic mass is 28.3. The van der Waals surface area contributed by atoms with Gasteiger partial charge in [0.05, 0.1) is 19.9 Å². The summed E-state index contributed by atoms with van der Waals surface area (Å²) in [4.78, 5) is 22.7. The first-order chi connectivity index (χ1) is 8.52. The molecule has 1 atom stereocenters. The van der Waals surface area contributed by atoms with E-state index < -0.39 is 20.7 Å². The molecule has 1 unspecified atom stereocenters. The molecule has 1 radical (unpaired) electrons. The highest BCUT2D eigenvalue weighted by molar-refractivity contribution is 6.57. The Morgan fingerprint density at radius 1 is 1.28 bits per heavy atom. The maximum atomic E-state index is 11.4. The van der Waals surface area contributed by atoms with Gasteiger partial charge in [-0.15, -0.1) is 0 Å². The summed E-state index contributed by atoms with van der Waals surface area (Å²) in [5, 5.41) is 0. The molecule has 1 aliphatic rings. The van der Waals surface area contributed by atoms with E-state index in [2.05, 4.69) is 24.4 Å². The lowest BCUT2D eigenvalue weighted by Gasteiger charge is -2.18. The monoisotopic (exact) mass is 261 g/mol. The minimum atomic E-state index is -0.683. The maximum absolute atomic E-state index is 11.4. The lowest BCUT2D eigenvalue weighted by molar-refractivity contribution is 0.0443. The first-order valence-electron chi connectivity index (χ1n) is 5.52. The van der Waals surface area contributed by atoms with E-state index in [1.807, 2.05) is 0 Å². The van der Waals surface area contributed by atoms with Gasteiger partial charge in [-0.25, -0.2) is 9.59 Å². The Labute approximate surface area is 107 Å². The Morgan fingerprint density at radius 2 is 1.94 bits per heavy atom. The van der Waals surface area contributed by atoms with Gasteiger partial charge in [-0.1, -0.05) is 25.7 Å². The number of ether oxygens (including phenoxy) is 2. The second-order valence-corrected chi connectivity index (χ2v) is 6.96. The topological polar surface area (TPSA) is 52.6 Å². The van der Waals surface area contributed by atoms with Gasteiger partial charge < -0.3 is 9.47 Å². The van der Waals surface area contributed by atoms with E-state index in [1.165, 1.54) is 0 Å². The summed E-state index contributed by atoms with van der Waals surface area (Å²) in [6, 6.07) is 4.76. The molecule has 0 amide bonds. The van der Waals surface area contributed by atoms with Gasteiger partial charge in [-0.3, -0.25) is 0 Å². The Bertz CT molecular complexity index is 522. The largest absolute Gasteiger partial charge is 0.490 e. The molecule has 0 fully saturated rings. The molecule has 18 heavy (non-hydrogen) atoms. The third kappa shape index (κ3) is 2.21. The zero-order valence-corrected chi connectivity index (χ0v) is 11.2. The lowest BCUT2D eigenvalue weighted by atomic mass is 10.1. The van der Waals surface area contributed by atoms with Crippen LogP contribution in [0.3, 0.4) is 0 Å². The molecule has 0 saturated carbocycles. The molecule has 93 valence electrons. The number of hydrogen-bond donors (Lipinski definition) is 0. The smallest absolute Gasteiger partial charge is 0.347 e. The van der Waals surface area contributed by atoms with E-state index in [9.17, 15) is 9.59 Å². The molecule has 0 spiro atoms. The van der Waals surface area contributed by atoms with Crippen LogP contribution >= 0.6 is 0 Å². The predicted octanol–water partition coefficient (Wildman–Crippen LogP) is 2.22. The van der Waals surface area contributed by atoms with Crippen LogP contribution in [0, 0.1) is 0 Å². The molecule has 2 rings (SSSR count). The molecule has 0 aliphatic carbocycles. The average molecular weight is 261 g/mol. The second-order valence-electron chi connectivity index (χ2n) is 4.24. The van der Waals surface area contributed by atoms with Crippen molar-refractivity contribution in [3.05, 3.63) is 42.0 Å². The molecule has 1 aromatic carbocycles. The summed E-state index contributed by atoms with van der Waals surface area (Å²) in [6.45, 7) is 7.96. The highest BCUT2D eigenvalue weighted by Crippen LogP contribution is 2.25. The zero-order valence-electron chi connectivity index (χ0n) is 10.2. The molecule has 0 aromatic heterocycles. The van der Waals surface area contributed by atoms with Gasteiger partial charge in [0, 0.05) is 0 Å². The zero-order chi connectivity index (χ0) is 13.3. The number of carbonyl (C=O) groups excluding carboxylic acids is 2. The minimum absolute atomic E-state index is 0.0406. The first-order valence-corrected chi connectivity index (χ1v) is 8.10. The number of fused-ring (bicyclic) bond motifs is 1. The van der Waals surface area contributed by atoms with Crippen LogP contribution in [0.25, 0.3) is 0 Å². The lowest BCUT2D eigenvalue weighted by Crippen LogP contribution is -2.28. The number of hydrogen-bond acceptors (Lipinski definition) is 4. The van der Waals surface area contributed by atoms with E-state index in [4.69, 9.17) is 4.74 Å². The first kappa shape index (κ1) is 12.6. The Kier molecular flexibility index (Phi) is 3.33. The number of benzene rings is 1. The van der Waals surface area contributed by atoms with Crippen LogP contribution in [0.2, 0.25) is 13.1 Å². The maximum Gasteiger partial charge on any atom is 0.347 e. The number of esters is 2. The van der Waals surface area contributed by atoms with E-state index in [-0.39, 0.29) is 11.3 Å². The van der Waals surface area contributed by atoms with Crippen molar-refractivity contribution >= 4 is 20.7 Å². The summed E-state index contributed by atoms with van der Waals surface area (Å²) in [7, 11) is -0.683. The molecule has 5 heteroatoms.